The lowest BCUT2D eigenvalue weighted by molar-refractivity contribution is 0.666. The van der Waals surface area contributed by atoms with E-state index in [1.54, 1.807) is 6.20 Å². The number of rotatable bonds is 6. The molecule has 5 heteroatoms. The largest absolute Gasteiger partial charge is 0.355 e. The second kappa shape index (κ2) is 7.34. The van der Waals surface area contributed by atoms with Gasteiger partial charge in [0.2, 0.25) is 0 Å². The lowest BCUT2D eigenvalue weighted by Crippen LogP contribution is -2.34. The van der Waals surface area contributed by atoms with Crippen LogP contribution in [0.2, 0.25) is 5.02 Å². The number of thioether (sulfide) groups is 1. The molecule has 1 unspecified atom stereocenters. The van der Waals surface area contributed by atoms with Crippen molar-refractivity contribution >= 4 is 40.8 Å². The summed E-state index contributed by atoms with van der Waals surface area (Å²) < 4.78 is 0. The van der Waals surface area contributed by atoms with Crippen LogP contribution in [0.15, 0.2) is 12.3 Å². The van der Waals surface area contributed by atoms with Crippen molar-refractivity contribution in [2.24, 2.45) is 0 Å². The first-order chi connectivity index (χ1) is 8.13. The molecule has 0 saturated heterocycles. The third-order valence-electron chi connectivity index (χ3n) is 2.74. The van der Waals surface area contributed by atoms with E-state index in [0.29, 0.717) is 16.9 Å². The molecule has 17 heavy (non-hydrogen) atoms. The molecule has 0 spiro atoms. The van der Waals surface area contributed by atoms with Gasteiger partial charge in [0.1, 0.15) is 5.82 Å². The number of anilines is 1. The van der Waals surface area contributed by atoms with Crippen molar-refractivity contribution in [3.63, 3.8) is 0 Å². The van der Waals surface area contributed by atoms with Crippen LogP contribution in [-0.2, 0) is 5.88 Å². The average Bonchev–Trinajstić information content (AvgIpc) is 2.35. The van der Waals surface area contributed by atoms with E-state index in [0.717, 1.165) is 23.6 Å². The molecular weight excluding hydrogens is 275 g/mol. The maximum atomic E-state index is 6.23. The summed E-state index contributed by atoms with van der Waals surface area (Å²) in [6.07, 6.45) is 4.98. The molecule has 0 aliphatic heterocycles. The van der Waals surface area contributed by atoms with Gasteiger partial charge in [0.05, 0.1) is 5.02 Å². The molecule has 1 rings (SSSR count). The Kier molecular flexibility index (Phi) is 6.45. The highest BCUT2D eigenvalue weighted by Gasteiger charge is 2.16. The van der Waals surface area contributed by atoms with Gasteiger partial charge in [0, 0.05) is 30.9 Å². The summed E-state index contributed by atoms with van der Waals surface area (Å²) >= 11 is 13.8. The van der Waals surface area contributed by atoms with Gasteiger partial charge in [-0.05, 0) is 24.3 Å². The smallest absolute Gasteiger partial charge is 0.147 e. The highest BCUT2D eigenvalue weighted by molar-refractivity contribution is 7.98. The van der Waals surface area contributed by atoms with Gasteiger partial charge >= 0.3 is 0 Å². The molecule has 0 aromatic carbocycles. The maximum Gasteiger partial charge on any atom is 0.147 e. The van der Waals surface area contributed by atoms with Crippen molar-refractivity contribution in [2.75, 3.05) is 24.0 Å². The number of pyridine rings is 1. The van der Waals surface area contributed by atoms with Crippen LogP contribution in [0.5, 0.6) is 0 Å². The fourth-order valence-corrected chi connectivity index (χ4v) is 2.98. The predicted octanol–water partition coefficient (Wildman–Crippen LogP) is 4.05. The number of nitrogens with zero attached hydrogens (tertiary/aromatic N) is 2. The highest BCUT2D eigenvalue weighted by Crippen LogP contribution is 2.26. The molecule has 0 aliphatic rings. The molecule has 1 atom stereocenters. The van der Waals surface area contributed by atoms with Crippen LogP contribution in [0.3, 0.4) is 0 Å². The SMILES string of the molecule is CCC(CSC)N(C)c1ncc(CCl)cc1Cl. The number of aromatic nitrogens is 1. The first kappa shape index (κ1) is 14.9. The summed E-state index contributed by atoms with van der Waals surface area (Å²) in [4.78, 5) is 6.55. The third-order valence-corrected chi connectivity index (χ3v) is 4.05. The van der Waals surface area contributed by atoms with Crippen LogP contribution in [-0.4, -0.2) is 30.1 Å². The Morgan fingerprint density at radius 1 is 1.53 bits per heavy atom. The second-order valence-corrected chi connectivity index (χ2v) is 5.50. The van der Waals surface area contributed by atoms with Crippen LogP contribution >= 0.6 is 35.0 Å². The van der Waals surface area contributed by atoms with E-state index < -0.39 is 0 Å². The van der Waals surface area contributed by atoms with Crippen molar-refractivity contribution in [1.82, 2.24) is 4.98 Å². The average molecular weight is 293 g/mol. The normalized spacial score (nSPS) is 12.5. The zero-order valence-electron chi connectivity index (χ0n) is 10.4. The topological polar surface area (TPSA) is 16.1 Å². The molecule has 96 valence electrons. The Hall–Kier alpha value is -0.120. The molecule has 0 bridgehead atoms. The minimum Gasteiger partial charge on any atom is -0.355 e. The minimum atomic E-state index is 0.443. The Bertz CT molecular complexity index is 360. The molecule has 1 aromatic heterocycles. The molecule has 1 heterocycles. The number of hydrogen-bond acceptors (Lipinski definition) is 3. The zero-order chi connectivity index (χ0) is 12.8. The van der Waals surface area contributed by atoms with E-state index in [2.05, 4.69) is 23.1 Å². The molecule has 0 aliphatic carbocycles. The quantitative estimate of drug-likeness (QED) is 0.736. The molecule has 1 aromatic rings. The van der Waals surface area contributed by atoms with E-state index >= 15 is 0 Å². The van der Waals surface area contributed by atoms with Crippen LogP contribution in [0.25, 0.3) is 0 Å². The Labute approximate surface area is 118 Å². The zero-order valence-corrected chi connectivity index (χ0v) is 12.7. The first-order valence-corrected chi connectivity index (χ1v) is 7.86. The Morgan fingerprint density at radius 2 is 2.24 bits per heavy atom. The van der Waals surface area contributed by atoms with E-state index in [1.165, 1.54) is 0 Å². The molecule has 0 radical (unpaired) electrons. The van der Waals surface area contributed by atoms with Gasteiger partial charge in [0.25, 0.3) is 0 Å². The van der Waals surface area contributed by atoms with Crippen LogP contribution in [0, 0.1) is 0 Å². The summed E-state index contributed by atoms with van der Waals surface area (Å²) in [7, 11) is 2.04. The minimum absolute atomic E-state index is 0.443. The Balaban J connectivity index is 2.90. The molecule has 0 saturated carbocycles. The summed E-state index contributed by atoms with van der Waals surface area (Å²) in [6.45, 7) is 2.18. The number of alkyl halides is 1. The van der Waals surface area contributed by atoms with E-state index in [-0.39, 0.29) is 0 Å². The van der Waals surface area contributed by atoms with E-state index in [1.807, 2.05) is 24.9 Å². The predicted molar refractivity (Wildman–Crippen MR) is 79.7 cm³/mol. The fourth-order valence-electron chi connectivity index (χ4n) is 1.67. The maximum absolute atomic E-state index is 6.23. The van der Waals surface area contributed by atoms with Gasteiger partial charge in [-0.1, -0.05) is 18.5 Å². The van der Waals surface area contributed by atoms with E-state index in [9.17, 15) is 0 Å². The van der Waals surface area contributed by atoms with Gasteiger partial charge in [-0.3, -0.25) is 0 Å². The van der Waals surface area contributed by atoms with Crippen molar-refractivity contribution in [2.45, 2.75) is 25.3 Å². The van der Waals surface area contributed by atoms with Crippen molar-refractivity contribution in [1.29, 1.82) is 0 Å². The van der Waals surface area contributed by atoms with Gasteiger partial charge in [-0.25, -0.2) is 4.98 Å². The van der Waals surface area contributed by atoms with Crippen LogP contribution < -0.4 is 4.90 Å². The Morgan fingerprint density at radius 3 is 2.71 bits per heavy atom. The van der Waals surface area contributed by atoms with E-state index in [4.69, 9.17) is 23.2 Å². The summed E-state index contributed by atoms with van der Waals surface area (Å²) in [5.41, 5.74) is 0.951. The molecule has 2 nitrogen and oxygen atoms in total. The van der Waals surface area contributed by atoms with Crippen LogP contribution in [0.4, 0.5) is 5.82 Å². The monoisotopic (exact) mass is 292 g/mol. The van der Waals surface area contributed by atoms with Gasteiger partial charge in [-0.15, -0.1) is 11.6 Å². The second-order valence-electron chi connectivity index (χ2n) is 3.91. The van der Waals surface area contributed by atoms with Gasteiger partial charge in [-0.2, -0.15) is 11.8 Å². The number of hydrogen-bond donors (Lipinski definition) is 0. The molecule has 0 amide bonds. The lowest BCUT2D eigenvalue weighted by atomic mass is 10.2. The van der Waals surface area contributed by atoms with Crippen molar-refractivity contribution in [3.8, 4) is 0 Å². The molecule has 0 N–H and O–H groups in total. The standard InChI is InChI=1S/C12H18Cl2N2S/c1-4-10(8-17-3)16(2)12-11(14)5-9(6-13)7-15-12/h5,7,10H,4,6,8H2,1-3H3. The van der Waals surface area contributed by atoms with Gasteiger partial charge < -0.3 is 4.90 Å². The number of halogens is 2. The summed E-state index contributed by atoms with van der Waals surface area (Å²) in [5, 5.41) is 0.671. The van der Waals surface area contributed by atoms with Crippen LogP contribution in [0.1, 0.15) is 18.9 Å². The van der Waals surface area contributed by atoms with Gasteiger partial charge in [0.15, 0.2) is 0 Å². The lowest BCUT2D eigenvalue weighted by Gasteiger charge is -2.28. The fraction of sp³-hybridized carbons (Fsp3) is 0.583. The van der Waals surface area contributed by atoms with Crippen molar-refractivity contribution in [3.05, 3.63) is 22.8 Å². The molecular formula is C12H18Cl2N2S. The van der Waals surface area contributed by atoms with Crippen molar-refractivity contribution < 1.29 is 0 Å². The highest BCUT2D eigenvalue weighted by atomic mass is 35.5. The third kappa shape index (κ3) is 3.94. The first-order valence-electron chi connectivity index (χ1n) is 5.56. The summed E-state index contributed by atoms with van der Waals surface area (Å²) in [5.74, 6) is 2.35. The summed E-state index contributed by atoms with van der Waals surface area (Å²) in [6, 6.07) is 2.34. The molecule has 0 fully saturated rings.